The molecule has 1 heterocycles. The van der Waals surface area contributed by atoms with E-state index in [0.717, 1.165) is 29.0 Å². The Morgan fingerprint density at radius 3 is 2.63 bits per heavy atom. The van der Waals surface area contributed by atoms with E-state index >= 15 is 0 Å². The lowest BCUT2D eigenvalue weighted by atomic mass is 9.99. The van der Waals surface area contributed by atoms with Crippen molar-refractivity contribution in [3.63, 3.8) is 0 Å². The minimum absolute atomic E-state index is 0.123. The first-order chi connectivity index (χ1) is 14.5. The number of carbonyl (C=O) groups is 1. The first kappa shape index (κ1) is 21.6. The van der Waals surface area contributed by atoms with E-state index in [4.69, 9.17) is 9.72 Å². The summed E-state index contributed by atoms with van der Waals surface area (Å²) in [6.45, 7) is 11.6. The van der Waals surface area contributed by atoms with Crippen LogP contribution >= 0.6 is 0 Å². The van der Waals surface area contributed by atoms with Gasteiger partial charge in [-0.1, -0.05) is 44.7 Å². The number of nitrogens with zero attached hydrogens (tertiary/aromatic N) is 2. The summed E-state index contributed by atoms with van der Waals surface area (Å²) in [4.78, 5) is 16.5. The van der Waals surface area contributed by atoms with Crippen LogP contribution in [-0.2, 0) is 17.8 Å². The molecule has 5 nitrogen and oxygen atoms in total. The Morgan fingerprint density at radius 1 is 1.20 bits per heavy atom. The summed E-state index contributed by atoms with van der Waals surface area (Å²) < 4.78 is 8.17. The molecule has 0 bridgehead atoms. The Hall–Kier alpha value is -3.08. The molecule has 2 aromatic carbocycles. The highest BCUT2D eigenvalue weighted by Gasteiger charge is 2.11. The highest BCUT2D eigenvalue weighted by Crippen LogP contribution is 2.22. The Morgan fingerprint density at radius 2 is 1.93 bits per heavy atom. The predicted octanol–water partition coefficient (Wildman–Crippen LogP) is 4.86. The molecule has 0 spiro atoms. The quantitative estimate of drug-likeness (QED) is 0.490. The molecule has 0 saturated carbocycles. The van der Waals surface area contributed by atoms with Crippen LogP contribution in [0.25, 0.3) is 11.0 Å². The lowest BCUT2D eigenvalue weighted by molar-refractivity contribution is -0.117. The summed E-state index contributed by atoms with van der Waals surface area (Å²) in [5.74, 6) is 2.25. The molecule has 30 heavy (non-hydrogen) atoms. The smallest absolute Gasteiger partial charge is 0.246 e. The van der Waals surface area contributed by atoms with Crippen molar-refractivity contribution in [2.75, 3.05) is 13.2 Å². The van der Waals surface area contributed by atoms with E-state index in [-0.39, 0.29) is 5.91 Å². The molecule has 3 aromatic rings. The summed E-state index contributed by atoms with van der Waals surface area (Å²) in [5.41, 5.74) is 3.88. The van der Waals surface area contributed by atoms with Crippen LogP contribution in [0.15, 0.2) is 60.7 Å². The van der Waals surface area contributed by atoms with E-state index in [0.29, 0.717) is 37.6 Å². The zero-order chi connectivity index (χ0) is 21.5. The van der Waals surface area contributed by atoms with Crippen molar-refractivity contribution in [2.45, 2.75) is 46.1 Å². The number of aromatic nitrogens is 2. The zero-order valence-electron chi connectivity index (χ0n) is 18.1. The number of ether oxygens (including phenoxy) is 1. The van der Waals surface area contributed by atoms with Crippen molar-refractivity contribution in [3.8, 4) is 5.75 Å². The average molecular weight is 406 g/mol. The third-order valence-corrected chi connectivity index (χ3v) is 5.40. The highest BCUT2D eigenvalue weighted by molar-refractivity contribution is 5.92. The van der Waals surface area contributed by atoms with Crippen LogP contribution in [0.1, 0.15) is 44.5 Å². The van der Waals surface area contributed by atoms with Gasteiger partial charge in [-0.3, -0.25) is 4.79 Å². The second-order valence-electron chi connectivity index (χ2n) is 7.68. The van der Waals surface area contributed by atoms with E-state index in [2.05, 4.69) is 48.5 Å². The molecule has 1 aromatic heterocycles. The Labute approximate surface area is 178 Å². The van der Waals surface area contributed by atoms with E-state index in [1.165, 1.54) is 5.56 Å². The number of rotatable bonds is 10. The molecular weight excluding hydrogens is 374 g/mol. The normalized spacial score (nSPS) is 12.0. The van der Waals surface area contributed by atoms with Gasteiger partial charge in [-0.2, -0.15) is 0 Å². The molecule has 5 heteroatoms. The first-order valence-corrected chi connectivity index (χ1v) is 10.6. The fourth-order valence-corrected chi connectivity index (χ4v) is 3.39. The van der Waals surface area contributed by atoms with E-state index in [9.17, 15) is 4.79 Å². The number of carbonyl (C=O) groups excluding carboxylic acids is 1. The largest absolute Gasteiger partial charge is 0.492 e. The van der Waals surface area contributed by atoms with Gasteiger partial charge < -0.3 is 14.6 Å². The number of hydrogen-bond acceptors (Lipinski definition) is 3. The Balaban J connectivity index is 1.65. The highest BCUT2D eigenvalue weighted by atomic mass is 16.5. The fourth-order valence-electron chi connectivity index (χ4n) is 3.39. The summed E-state index contributed by atoms with van der Waals surface area (Å²) in [7, 11) is 0. The molecule has 1 amide bonds. The van der Waals surface area contributed by atoms with E-state index in [1.807, 2.05) is 30.3 Å². The topological polar surface area (TPSA) is 56.2 Å². The van der Waals surface area contributed by atoms with Crippen LogP contribution < -0.4 is 10.1 Å². The number of fused-ring (bicyclic) bond motifs is 1. The summed E-state index contributed by atoms with van der Waals surface area (Å²) in [5, 5.41) is 2.88. The summed E-state index contributed by atoms with van der Waals surface area (Å²) in [6.07, 6.45) is 1.78. The van der Waals surface area contributed by atoms with E-state index in [1.54, 1.807) is 6.92 Å². The SMILES string of the molecule is C=C(C)C(=O)NCCc1nc2ccccc2n1CCOc1ccc(C(C)CC)cc1. The lowest BCUT2D eigenvalue weighted by Gasteiger charge is -2.13. The number of hydrogen-bond donors (Lipinski definition) is 1. The average Bonchev–Trinajstić information content (AvgIpc) is 3.11. The summed E-state index contributed by atoms with van der Waals surface area (Å²) >= 11 is 0. The lowest BCUT2D eigenvalue weighted by Crippen LogP contribution is -2.27. The summed E-state index contributed by atoms with van der Waals surface area (Å²) in [6, 6.07) is 16.5. The minimum atomic E-state index is -0.123. The third-order valence-electron chi connectivity index (χ3n) is 5.40. The van der Waals surface area contributed by atoms with Gasteiger partial charge in [0.05, 0.1) is 17.6 Å². The molecule has 1 unspecified atom stereocenters. The van der Waals surface area contributed by atoms with Gasteiger partial charge in [0.2, 0.25) is 5.91 Å². The second-order valence-corrected chi connectivity index (χ2v) is 7.68. The van der Waals surface area contributed by atoms with Crippen LogP contribution in [0.2, 0.25) is 0 Å². The molecule has 0 fully saturated rings. The van der Waals surface area contributed by atoms with Crippen molar-refractivity contribution in [3.05, 3.63) is 72.1 Å². The van der Waals surface area contributed by atoms with Gasteiger partial charge in [0.25, 0.3) is 0 Å². The molecular formula is C25H31N3O2. The fraction of sp³-hybridized carbons (Fsp3) is 0.360. The third kappa shape index (κ3) is 5.29. The number of imidazole rings is 1. The van der Waals surface area contributed by atoms with Crippen molar-refractivity contribution in [2.24, 2.45) is 0 Å². The molecule has 158 valence electrons. The Kier molecular flexibility index (Phi) is 7.28. The van der Waals surface area contributed by atoms with Gasteiger partial charge in [-0.15, -0.1) is 0 Å². The molecule has 0 aliphatic heterocycles. The predicted molar refractivity (Wildman–Crippen MR) is 122 cm³/mol. The van der Waals surface area contributed by atoms with Gasteiger partial charge in [-0.05, 0) is 49.1 Å². The molecule has 1 atom stereocenters. The second kappa shape index (κ2) is 10.1. The molecule has 0 aliphatic rings. The molecule has 0 saturated heterocycles. The van der Waals surface area contributed by atoms with Crippen LogP contribution in [0, 0.1) is 0 Å². The van der Waals surface area contributed by atoms with Crippen LogP contribution in [0.4, 0.5) is 0 Å². The maximum Gasteiger partial charge on any atom is 0.246 e. The standard InChI is InChI=1S/C25H31N3O2/c1-5-19(4)20-10-12-21(13-11-20)30-17-16-28-23-9-7-6-8-22(23)27-24(28)14-15-26-25(29)18(2)3/h6-13,19H,2,5,14-17H2,1,3-4H3,(H,26,29). The molecule has 0 radical (unpaired) electrons. The van der Waals surface area contributed by atoms with Gasteiger partial charge in [0.15, 0.2) is 0 Å². The van der Waals surface area contributed by atoms with Crippen LogP contribution in [0.5, 0.6) is 5.75 Å². The van der Waals surface area contributed by atoms with Crippen molar-refractivity contribution >= 4 is 16.9 Å². The monoisotopic (exact) mass is 405 g/mol. The van der Waals surface area contributed by atoms with Crippen molar-refractivity contribution < 1.29 is 9.53 Å². The number of para-hydroxylation sites is 2. The zero-order valence-corrected chi connectivity index (χ0v) is 18.1. The Bertz CT molecular complexity index is 1000. The number of benzene rings is 2. The van der Waals surface area contributed by atoms with Crippen molar-refractivity contribution in [1.82, 2.24) is 14.9 Å². The van der Waals surface area contributed by atoms with E-state index < -0.39 is 0 Å². The first-order valence-electron chi connectivity index (χ1n) is 10.6. The van der Waals surface area contributed by atoms with Gasteiger partial charge in [0, 0.05) is 18.5 Å². The molecule has 3 rings (SSSR count). The maximum absolute atomic E-state index is 11.7. The number of amides is 1. The van der Waals surface area contributed by atoms with Gasteiger partial charge in [0.1, 0.15) is 18.2 Å². The van der Waals surface area contributed by atoms with Crippen LogP contribution in [-0.4, -0.2) is 28.6 Å². The number of nitrogens with one attached hydrogen (secondary N) is 1. The van der Waals surface area contributed by atoms with Gasteiger partial charge in [-0.25, -0.2) is 4.98 Å². The molecule has 0 aliphatic carbocycles. The molecule has 1 N–H and O–H groups in total. The minimum Gasteiger partial charge on any atom is -0.492 e. The van der Waals surface area contributed by atoms with Crippen LogP contribution in [0.3, 0.4) is 0 Å². The van der Waals surface area contributed by atoms with Crippen molar-refractivity contribution in [1.29, 1.82) is 0 Å². The maximum atomic E-state index is 11.7. The van der Waals surface area contributed by atoms with Gasteiger partial charge >= 0.3 is 0 Å².